The molecule has 6 rings (SSSR count). The molecule has 274 valence electrons. The minimum absolute atomic E-state index is 0.0677. The summed E-state index contributed by atoms with van der Waals surface area (Å²) in [5, 5.41) is 24.0. The number of nitrogens with two attached hydrogens (primary N) is 4. The molecule has 3 heterocycles. The molecule has 0 bridgehead atoms. The molecule has 3 aliphatic rings. The van der Waals surface area contributed by atoms with Gasteiger partial charge in [0.2, 0.25) is 0 Å². The summed E-state index contributed by atoms with van der Waals surface area (Å²) in [6, 6.07) is 7.56. The molecule has 3 aromatic rings. The summed E-state index contributed by atoms with van der Waals surface area (Å²) in [6.07, 6.45) is 10.8. The predicted molar refractivity (Wildman–Crippen MR) is 189 cm³/mol. The largest absolute Gasteiger partial charge is 0.397 e. The van der Waals surface area contributed by atoms with Crippen LogP contribution in [-0.2, 0) is 0 Å². The Morgan fingerprint density at radius 3 is 1.36 bits per heavy atom. The number of halogens is 4. The molecule has 0 saturated carbocycles. The van der Waals surface area contributed by atoms with Gasteiger partial charge in [-0.1, -0.05) is 6.42 Å². The van der Waals surface area contributed by atoms with E-state index in [0.29, 0.717) is 23.1 Å². The molecule has 17 heteroatoms. The van der Waals surface area contributed by atoms with Crippen LogP contribution in [0.1, 0.15) is 57.8 Å². The minimum atomic E-state index is -1.38. The van der Waals surface area contributed by atoms with Crippen LogP contribution in [0, 0.1) is 43.5 Å². The molecule has 0 radical (unpaired) electrons. The van der Waals surface area contributed by atoms with E-state index in [2.05, 4.69) is 5.32 Å². The summed E-state index contributed by atoms with van der Waals surface area (Å²) in [5.74, 6) is -3.64. The highest BCUT2D eigenvalue weighted by atomic mass is 19.2. The first-order valence-electron chi connectivity index (χ1n) is 16.5. The van der Waals surface area contributed by atoms with Gasteiger partial charge in [-0.2, -0.15) is 0 Å². The fraction of sp³-hybridized carbons (Fsp3) is 0.455. The lowest BCUT2D eigenvalue weighted by atomic mass is 10.1. The molecule has 3 aromatic carbocycles. The Morgan fingerprint density at radius 1 is 0.540 bits per heavy atom. The maximum absolute atomic E-state index is 13.9. The number of nitro groups is 2. The molecule has 0 spiro atoms. The van der Waals surface area contributed by atoms with Crippen molar-refractivity contribution in [2.24, 2.45) is 0 Å². The predicted octanol–water partition coefficient (Wildman–Crippen LogP) is 6.50. The summed E-state index contributed by atoms with van der Waals surface area (Å²) < 4.78 is 52.6. The number of anilines is 6. The molecule has 0 amide bonds. The number of nitrogens with one attached hydrogen (secondary N) is 1. The third kappa shape index (κ3) is 10.7. The molecule has 9 N–H and O–H groups in total. The summed E-state index contributed by atoms with van der Waals surface area (Å²) in [4.78, 5) is 23.1. The van der Waals surface area contributed by atoms with Crippen LogP contribution in [0.4, 0.5) is 63.1 Å². The van der Waals surface area contributed by atoms with E-state index < -0.39 is 38.7 Å². The first kappa shape index (κ1) is 39.4. The minimum Gasteiger partial charge on any atom is -0.397 e. The normalized spacial score (nSPS) is 15.7. The van der Waals surface area contributed by atoms with E-state index >= 15 is 0 Å². The average Bonchev–Trinajstić information content (AvgIpc) is 3.13. The number of nitrogen functional groups attached to an aromatic ring is 4. The van der Waals surface area contributed by atoms with Gasteiger partial charge >= 0.3 is 0 Å². The van der Waals surface area contributed by atoms with E-state index in [0.717, 1.165) is 64.3 Å². The maximum atomic E-state index is 13.9. The van der Waals surface area contributed by atoms with Gasteiger partial charge in [0.25, 0.3) is 11.4 Å². The first-order chi connectivity index (χ1) is 23.8. The molecular weight excluding hydrogens is 662 g/mol. The number of piperidine rings is 3. The van der Waals surface area contributed by atoms with Crippen molar-refractivity contribution in [1.82, 2.24) is 5.32 Å². The van der Waals surface area contributed by atoms with Crippen LogP contribution in [0.2, 0.25) is 0 Å². The molecule has 0 aromatic heterocycles. The second-order valence-electron chi connectivity index (χ2n) is 11.9. The summed E-state index contributed by atoms with van der Waals surface area (Å²) in [6.45, 7) is 5.85. The van der Waals surface area contributed by atoms with E-state index in [1.54, 1.807) is 12.1 Å². The van der Waals surface area contributed by atoms with E-state index in [1.165, 1.54) is 50.9 Å². The third-order valence-electron chi connectivity index (χ3n) is 8.43. The highest BCUT2D eigenvalue weighted by molar-refractivity contribution is 5.71. The standard InChI is InChI=1S/C11H14FN3O2.C11H16FN3.C6H4F2N2O2.C5H11N/c12-10-8(14-6-2-1-3-7-14)4-5-9(11(10)13)15(16)17;12-10-9(5-4-8(13)11(10)14)15-6-2-1-3-7-15;7-3-1-2-4(10(11)12)6(9)5(3)8;1-2-4-6-5-3-1/h4-5H,1-3,6-7,13H2;4-5H,1-3,6-7,13-14H2;1-2H,9H2;6H,1-5H2. The van der Waals surface area contributed by atoms with Crippen molar-refractivity contribution >= 4 is 45.5 Å². The Bertz CT molecular complexity index is 1590. The quantitative estimate of drug-likeness (QED) is 0.0855. The summed E-state index contributed by atoms with van der Waals surface area (Å²) >= 11 is 0. The van der Waals surface area contributed by atoms with Crippen molar-refractivity contribution in [3.8, 4) is 0 Å². The van der Waals surface area contributed by atoms with Crippen LogP contribution in [-0.4, -0.2) is 49.1 Å². The zero-order valence-corrected chi connectivity index (χ0v) is 27.8. The number of nitrogens with zero attached hydrogens (tertiary/aromatic N) is 4. The van der Waals surface area contributed by atoms with Gasteiger partial charge in [-0.25, -0.2) is 17.6 Å². The molecule has 3 fully saturated rings. The molecular formula is C33H45F4N9O4. The zero-order chi connectivity index (χ0) is 36.8. The number of hydrogen-bond donors (Lipinski definition) is 5. The van der Waals surface area contributed by atoms with Gasteiger partial charge in [0.05, 0.1) is 32.6 Å². The molecule has 0 atom stereocenters. The molecule has 3 aliphatic heterocycles. The summed E-state index contributed by atoms with van der Waals surface area (Å²) in [7, 11) is 0. The Labute approximate surface area is 287 Å². The number of nitro benzene ring substituents is 2. The maximum Gasteiger partial charge on any atom is 0.295 e. The van der Waals surface area contributed by atoms with E-state index in [-0.39, 0.29) is 22.9 Å². The zero-order valence-electron chi connectivity index (χ0n) is 27.8. The van der Waals surface area contributed by atoms with Gasteiger partial charge < -0.3 is 38.1 Å². The number of rotatable bonds is 4. The lowest BCUT2D eigenvalue weighted by Gasteiger charge is -2.29. The third-order valence-corrected chi connectivity index (χ3v) is 8.43. The fourth-order valence-corrected chi connectivity index (χ4v) is 5.60. The molecule has 0 unspecified atom stereocenters. The lowest BCUT2D eigenvalue weighted by Crippen LogP contribution is -2.30. The monoisotopic (exact) mass is 707 g/mol. The van der Waals surface area contributed by atoms with Crippen molar-refractivity contribution in [1.29, 1.82) is 0 Å². The number of hydrogen-bond acceptors (Lipinski definition) is 11. The Hall–Kier alpha value is -5.06. The van der Waals surface area contributed by atoms with Crippen molar-refractivity contribution in [2.45, 2.75) is 57.8 Å². The van der Waals surface area contributed by atoms with Gasteiger partial charge in [0, 0.05) is 38.3 Å². The van der Waals surface area contributed by atoms with Crippen molar-refractivity contribution in [3.05, 3.63) is 79.9 Å². The van der Waals surface area contributed by atoms with Gasteiger partial charge in [-0.3, -0.25) is 20.2 Å². The van der Waals surface area contributed by atoms with E-state index in [9.17, 15) is 37.8 Å². The molecule has 0 aliphatic carbocycles. The fourth-order valence-electron chi connectivity index (χ4n) is 5.60. The van der Waals surface area contributed by atoms with Gasteiger partial charge in [-0.05, 0) is 88.7 Å². The van der Waals surface area contributed by atoms with Crippen LogP contribution in [0.3, 0.4) is 0 Å². The van der Waals surface area contributed by atoms with Gasteiger partial charge in [-0.15, -0.1) is 0 Å². The lowest BCUT2D eigenvalue weighted by molar-refractivity contribution is -0.384. The van der Waals surface area contributed by atoms with Crippen LogP contribution in [0.5, 0.6) is 0 Å². The second-order valence-corrected chi connectivity index (χ2v) is 11.9. The van der Waals surface area contributed by atoms with Crippen molar-refractivity contribution in [3.63, 3.8) is 0 Å². The highest BCUT2D eigenvalue weighted by Gasteiger charge is 2.23. The molecule has 3 saturated heterocycles. The topological polar surface area (TPSA) is 209 Å². The summed E-state index contributed by atoms with van der Waals surface area (Å²) in [5.41, 5.74) is 20.7. The van der Waals surface area contributed by atoms with E-state index in [1.807, 2.05) is 9.80 Å². The Kier molecular flexibility index (Phi) is 15.1. The smallest absolute Gasteiger partial charge is 0.295 e. The highest BCUT2D eigenvalue weighted by Crippen LogP contribution is 2.33. The average molecular weight is 708 g/mol. The van der Waals surface area contributed by atoms with E-state index in [4.69, 9.17) is 22.9 Å². The first-order valence-corrected chi connectivity index (χ1v) is 16.5. The molecule has 13 nitrogen and oxygen atoms in total. The van der Waals surface area contributed by atoms with Crippen molar-refractivity contribution < 1.29 is 27.4 Å². The van der Waals surface area contributed by atoms with Crippen LogP contribution >= 0.6 is 0 Å². The second kappa shape index (κ2) is 19.2. The SMILES string of the molecule is C1CCNCC1.Nc1c([N+](=O)[O-])ccc(F)c1F.Nc1c([N+](=O)[O-])ccc(N2CCCCC2)c1F.Nc1ccc(N2CCCCC2)c(F)c1N. The Balaban J connectivity index is 0.000000189. The van der Waals surface area contributed by atoms with Gasteiger partial charge in [0.1, 0.15) is 11.4 Å². The Morgan fingerprint density at radius 2 is 0.940 bits per heavy atom. The van der Waals surface area contributed by atoms with Crippen LogP contribution in [0.15, 0.2) is 36.4 Å². The van der Waals surface area contributed by atoms with Crippen LogP contribution < -0.4 is 38.1 Å². The molecule has 50 heavy (non-hydrogen) atoms. The van der Waals surface area contributed by atoms with Crippen molar-refractivity contribution in [2.75, 3.05) is 72.0 Å². The van der Waals surface area contributed by atoms with Crippen LogP contribution in [0.25, 0.3) is 0 Å². The number of benzene rings is 3. The van der Waals surface area contributed by atoms with Gasteiger partial charge in [0.15, 0.2) is 23.3 Å².